The minimum atomic E-state index is -0.258. The van der Waals surface area contributed by atoms with Crippen molar-refractivity contribution in [2.24, 2.45) is 0 Å². The maximum Gasteiger partial charge on any atom is 0.336 e. The number of hydrogen-bond donors (Lipinski definition) is 0. The van der Waals surface area contributed by atoms with Crippen molar-refractivity contribution in [2.45, 2.75) is 26.2 Å². The highest BCUT2D eigenvalue weighted by Gasteiger charge is 2.30. The number of benzene rings is 2. The molecule has 3 rings (SSSR count). The molecule has 0 radical (unpaired) electrons. The van der Waals surface area contributed by atoms with Crippen molar-refractivity contribution in [1.29, 1.82) is 0 Å². The molecule has 1 atom stereocenters. The minimum Gasteiger partial charge on any atom is -0.497 e. The topological polar surface area (TPSA) is 38.8 Å². The van der Waals surface area contributed by atoms with Crippen LogP contribution in [0.5, 0.6) is 5.75 Å². The van der Waals surface area contributed by atoms with Crippen LogP contribution in [0.1, 0.15) is 31.7 Å². The predicted octanol–water partition coefficient (Wildman–Crippen LogP) is 5.04. The zero-order valence-electron chi connectivity index (χ0n) is 16.0. The molecule has 1 aliphatic heterocycles. The summed E-state index contributed by atoms with van der Waals surface area (Å²) < 4.78 is 10.7. The average molecular weight is 363 g/mol. The van der Waals surface area contributed by atoms with Crippen LogP contribution in [-0.2, 0) is 9.53 Å². The molecule has 0 aromatic heterocycles. The van der Waals surface area contributed by atoms with E-state index < -0.39 is 0 Å². The van der Waals surface area contributed by atoms with E-state index in [9.17, 15) is 4.79 Å². The Labute approximate surface area is 160 Å². The lowest BCUT2D eigenvalue weighted by atomic mass is 9.86. The van der Waals surface area contributed by atoms with Crippen molar-refractivity contribution in [3.63, 3.8) is 0 Å². The van der Waals surface area contributed by atoms with Crippen LogP contribution < -0.4 is 9.64 Å². The second-order valence-electron chi connectivity index (χ2n) is 6.23. The molecule has 2 aromatic rings. The summed E-state index contributed by atoms with van der Waals surface area (Å²) in [6.07, 6.45) is 4.82. The Hall–Kier alpha value is -3.01. The largest absolute Gasteiger partial charge is 0.497 e. The number of hydrogen-bond acceptors (Lipinski definition) is 4. The van der Waals surface area contributed by atoms with Crippen LogP contribution in [0.15, 0.2) is 78.1 Å². The van der Waals surface area contributed by atoms with E-state index in [2.05, 4.69) is 17.9 Å². The van der Waals surface area contributed by atoms with E-state index >= 15 is 0 Å². The molecule has 1 unspecified atom stereocenters. The summed E-state index contributed by atoms with van der Waals surface area (Å²) in [5.41, 5.74) is 3.72. The summed E-state index contributed by atoms with van der Waals surface area (Å²) in [7, 11) is 1.65. The molecule has 1 aliphatic rings. The number of carbonyl (C=O) groups excluding carboxylic acids is 1. The third kappa shape index (κ3) is 3.90. The summed E-state index contributed by atoms with van der Waals surface area (Å²) in [6, 6.07) is 17.9. The summed E-state index contributed by atoms with van der Waals surface area (Å²) in [6.45, 7) is 4.25. The molecule has 0 aliphatic carbocycles. The van der Waals surface area contributed by atoms with Gasteiger partial charge in [-0.25, -0.2) is 4.79 Å². The van der Waals surface area contributed by atoms with Crippen LogP contribution in [-0.4, -0.2) is 19.7 Å². The molecule has 2 aromatic carbocycles. The van der Waals surface area contributed by atoms with Gasteiger partial charge in [0.05, 0.1) is 19.3 Å². The predicted molar refractivity (Wildman–Crippen MR) is 108 cm³/mol. The fraction of sp³-hybridized carbons (Fsp3) is 0.261. The molecule has 0 amide bonds. The summed E-state index contributed by atoms with van der Waals surface area (Å²) in [5, 5.41) is 0. The number of anilines is 1. The van der Waals surface area contributed by atoms with Gasteiger partial charge in [0.1, 0.15) is 5.75 Å². The summed E-state index contributed by atoms with van der Waals surface area (Å²) in [4.78, 5) is 14.9. The van der Waals surface area contributed by atoms with Gasteiger partial charge in [0, 0.05) is 23.5 Å². The minimum absolute atomic E-state index is 0.116. The normalized spacial score (nSPS) is 16.4. The van der Waals surface area contributed by atoms with Crippen LogP contribution in [0.4, 0.5) is 5.69 Å². The standard InChI is InChI=1S/C23H25NO3/c1-4-21-22(23(25)27-5-2)20(17-9-7-6-8-10-17)15-16-24(21)18-11-13-19(26-3)14-12-18/h6-16,20H,4-5H2,1-3H3. The first kappa shape index (κ1) is 18.8. The number of methoxy groups -OCH3 is 1. The Kier molecular flexibility index (Phi) is 5.97. The number of nitrogens with zero attached hydrogens (tertiary/aromatic N) is 1. The Morgan fingerprint density at radius 1 is 1.04 bits per heavy atom. The lowest BCUT2D eigenvalue weighted by Crippen LogP contribution is -2.27. The highest BCUT2D eigenvalue weighted by atomic mass is 16.5. The molecule has 0 N–H and O–H groups in total. The molecule has 0 spiro atoms. The van der Waals surface area contributed by atoms with Crippen LogP contribution in [0.3, 0.4) is 0 Å². The smallest absolute Gasteiger partial charge is 0.336 e. The molecule has 140 valence electrons. The van der Waals surface area contributed by atoms with Crippen molar-refractivity contribution in [3.8, 4) is 5.75 Å². The van der Waals surface area contributed by atoms with Crippen molar-refractivity contribution < 1.29 is 14.3 Å². The van der Waals surface area contributed by atoms with Gasteiger partial charge in [0.25, 0.3) is 0 Å². The van der Waals surface area contributed by atoms with Crippen molar-refractivity contribution >= 4 is 11.7 Å². The molecule has 4 nitrogen and oxygen atoms in total. The molecule has 0 fully saturated rings. The van der Waals surface area contributed by atoms with Crippen molar-refractivity contribution in [1.82, 2.24) is 0 Å². The Morgan fingerprint density at radius 3 is 2.33 bits per heavy atom. The highest BCUT2D eigenvalue weighted by Crippen LogP contribution is 2.38. The molecular weight excluding hydrogens is 338 g/mol. The second-order valence-corrected chi connectivity index (χ2v) is 6.23. The molecule has 4 heteroatoms. The third-order valence-corrected chi connectivity index (χ3v) is 4.68. The van der Waals surface area contributed by atoms with E-state index in [-0.39, 0.29) is 11.9 Å². The van der Waals surface area contributed by atoms with E-state index in [1.54, 1.807) is 7.11 Å². The number of ether oxygens (including phenoxy) is 2. The first-order valence-corrected chi connectivity index (χ1v) is 9.26. The Morgan fingerprint density at radius 2 is 1.74 bits per heavy atom. The van der Waals surface area contributed by atoms with Gasteiger partial charge in [0.2, 0.25) is 0 Å². The number of carbonyl (C=O) groups is 1. The highest BCUT2D eigenvalue weighted by molar-refractivity contribution is 5.93. The SMILES string of the molecule is CCOC(=O)C1=C(CC)N(c2ccc(OC)cc2)C=CC1c1ccccc1. The maximum atomic E-state index is 12.9. The van der Waals surface area contributed by atoms with Crippen molar-refractivity contribution in [2.75, 3.05) is 18.6 Å². The van der Waals surface area contributed by atoms with Crippen LogP contribution in [0.2, 0.25) is 0 Å². The zero-order valence-corrected chi connectivity index (χ0v) is 16.0. The fourth-order valence-electron chi connectivity index (χ4n) is 3.40. The van der Waals surface area contributed by atoms with Crippen LogP contribution in [0.25, 0.3) is 0 Å². The molecule has 0 bridgehead atoms. The van der Waals surface area contributed by atoms with E-state index in [0.29, 0.717) is 18.6 Å². The third-order valence-electron chi connectivity index (χ3n) is 4.68. The van der Waals surface area contributed by atoms with Gasteiger partial charge in [-0.3, -0.25) is 0 Å². The van der Waals surface area contributed by atoms with Crippen LogP contribution in [0, 0.1) is 0 Å². The van der Waals surface area contributed by atoms with Crippen LogP contribution >= 0.6 is 0 Å². The van der Waals surface area contributed by atoms with Gasteiger partial charge in [-0.15, -0.1) is 0 Å². The van der Waals surface area contributed by atoms with Gasteiger partial charge in [-0.05, 0) is 43.2 Å². The average Bonchev–Trinajstić information content (AvgIpc) is 2.73. The summed E-state index contributed by atoms with van der Waals surface area (Å²) >= 11 is 0. The van der Waals surface area contributed by atoms with Gasteiger partial charge in [-0.1, -0.05) is 43.3 Å². The zero-order chi connectivity index (χ0) is 19.2. The molecule has 1 heterocycles. The van der Waals surface area contributed by atoms with Gasteiger partial charge >= 0.3 is 5.97 Å². The Balaban J connectivity index is 2.08. The van der Waals surface area contributed by atoms with Crippen molar-refractivity contribution in [3.05, 3.63) is 83.7 Å². The van der Waals surface area contributed by atoms with Gasteiger partial charge < -0.3 is 14.4 Å². The number of allylic oxidation sites excluding steroid dienone is 2. The number of rotatable bonds is 6. The molecule has 0 saturated carbocycles. The maximum absolute atomic E-state index is 12.9. The molecular formula is C23H25NO3. The Bertz CT molecular complexity index is 838. The lowest BCUT2D eigenvalue weighted by molar-refractivity contribution is -0.138. The van der Waals surface area contributed by atoms with E-state index in [0.717, 1.165) is 22.7 Å². The van der Waals surface area contributed by atoms with E-state index in [4.69, 9.17) is 9.47 Å². The summed E-state index contributed by atoms with van der Waals surface area (Å²) in [5.74, 6) is 0.426. The quantitative estimate of drug-likeness (QED) is 0.674. The van der Waals surface area contributed by atoms with Gasteiger partial charge in [-0.2, -0.15) is 0 Å². The number of esters is 1. The first-order valence-electron chi connectivity index (χ1n) is 9.26. The second kappa shape index (κ2) is 8.58. The van der Waals surface area contributed by atoms with E-state index in [1.807, 2.05) is 67.7 Å². The fourth-order valence-corrected chi connectivity index (χ4v) is 3.40. The lowest BCUT2D eigenvalue weighted by Gasteiger charge is -2.32. The van der Waals surface area contributed by atoms with Gasteiger partial charge in [0.15, 0.2) is 0 Å². The van der Waals surface area contributed by atoms with E-state index in [1.165, 1.54) is 0 Å². The first-order chi connectivity index (χ1) is 13.2. The monoisotopic (exact) mass is 363 g/mol. The molecule has 0 saturated heterocycles. The molecule has 27 heavy (non-hydrogen) atoms.